The van der Waals surface area contributed by atoms with Gasteiger partial charge in [-0.3, -0.25) is 0 Å². The molecule has 2 N–H and O–H groups in total. The fraction of sp³-hybridized carbons (Fsp3) is 0.235. The van der Waals surface area contributed by atoms with Crippen molar-refractivity contribution in [2.24, 2.45) is 0 Å². The lowest BCUT2D eigenvalue weighted by molar-refractivity contribution is 0.114. The molecule has 144 valence electrons. The summed E-state index contributed by atoms with van der Waals surface area (Å²) in [5, 5.41) is 18.0. The molecule has 0 aliphatic heterocycles. The summed E-state index contributed by atoms with van der Waals surface area (Å²) in [5.74, 6) is -0.549. The number of rotatable bonds is 5. The first-order chi connectivity index (χ1) is 13.5. The van der Waals surface area contributed by atoms with Crippen molar-refractivity contribution in [2.75, 3.05) is 24.9 Å². The SMILES string of the molecule is COc1ncc(NC(=O)Nc2cnc3cc(F)nn3c2[C@H](C)OC)cc1C#N. The van der Waals surface area contributed by atoms with Crippen molar-refractivity contribution in [3.63, 3.8) is 0 Å². The fourth-order valence-corrected chi connectivity index (χ4v) is 2.57. The van der Waals surface area contributed by atoms with Crippen molar-refractivity contribution in [2.45, 2.75) is 13.0 Å². The third-order valence-corrected chi connectivity index (χ3v) is 3.90. The third-order valence-electron chi connectivity index (χ3n) is 3.90. The number of urea groups is 1. The van der Waals surface area contributed by atoms with E-state index in [0.29, 0.717) is 5.69 Å². The largest absolute Gasteiger partial charge is 0.480 e. The summed E-state index contributed by atoms with van der Waals surface area (Å²) in [5.41, 5.74) is 1.43. The van der Waals surface area contributed by atoms with E-state index in [1.165, 1.54) is 43.3 Å². The van der Waals surface area contributed by atoms with E-state index in [2.05, 4.69) is 25.7 Å². The predicted octanol–water partition coefficient (Wildman–Crippen LogP) is 2.50. The van der Waals surface area contributed by atoms with Crippen LogP contribution in [0.4, 0.5) is 20.6 Å². The lowest BCUT2D eigenvalue weighted by Crippen LogP contribution is -2.22. The molecule has 3 rings (SSSR count). The number of nitrogens with zero attached hydrogens (tertiary/aromatic N) is 5. The molecule has 0 unspecified atom stereocenters. The Hall–Kier alpha value is -3.78. The molecule has 0 radical (unpaired) electrons. The van der Waals surface area contributed by atoms with E-state index < -0.39 is 18.1 Å². The van der Waals surface area contributed by atoms with Gasteiger partial charge in [-0.1, -0.05) is 0 Å². The first-order valence-corrected chi connectivity index (χ1v) is 8.06. The zero-order valence-electron chi connectivity index (χ0n) is 15.2. The van der Waals surface area contributed by atoms with Gasteiger partial charge in [0.25, 0.3) is 0 Å². The first-order valence-electron chi connectivity index (χ1n) is 8.06. The molecule has 0 bridgehead atoms. The molecule has 28 heavy (non-hydrogen) atoms. The lowest BCUT2D eigenvalue weighted by atomic mass is 10.2. The average Bonchev–Trinajstić information content (AvgIpc) is 3.07. The number of hydrogen-bond acceptors (Lipinski definition) is 7. The number of methoxy groups -OCH3 is 2. The highest BCUT2D eigenvalue weighted by Gasteiger charge is 2.19. The van der Waals surface area contributed by atoms with Gasteiger partial charge in [-0.2, -0.15) is 9.65 Å². The van der Waals surface area contributed by atoms with Crippen LogP contribution in [0.25, 0.3) is 5.65 Å². The Balaban J connectivity index is 1.88. The number of ether oxygens (including phenoxy) is 2. The van der Waals surface area contributed by atoms with E-state index in [-0.39, 0.29) is 28.5 Å². The molecular formula is C17H16FN7O3. The van der Waals surface area contributed by atoms with Gasteiger partial charge in [0.1, 0.15) is 11.6 Å². The Labute approximate surface area is 158 Å². The molecule has 2 amide bonds. The summed E-state index contributed by atoms with van der Waals surface area (Å²) in [6.07, 6.45) is 2.23. The third kappa shape index (κ3) is 3.67. The number of carbonyl (C=O) groups is 1. The number of aromatic nitrogens is 4. The van der Waals surface area contributed by atoms with Crippen LogP contribution < -0.4 is 15.4 Å². The van der Waals surface area contributed by atoms with Crippen LogP contribution in [0, 0.1) is 17.3 Å². The zero-order chi connectivity index (χ0) is 20.3. The van der Waals surface area contributed by atoms with Crippen LogP contribution >= 0.6 is 0 Å². The molecule has 0 aliphatic rings. The van der Waals surface area contributed by atoms with Crippen molar-refractivity contribution >= 4 is 23.1 Å². The van der Waals surface area contributed by atoms with Gasteiger partial charge >= 0.3 is 6.03 Å². The number of amides is 2. The minimum atomic E-state index is -0.702. The summed E-state index contributed by atoms with van der Waals surface area (Å²) < 4.78 is 25.1. The second kappa shape index (κ2) is 7.85. The van der Waals surface area contributed by atoms with Crippen molar-refractivity contribution in [3.8, 4) is 11.9 Å². The van der Waals surface area contributed by atoms with E-state index in [1.54, 1.807) is 6.92 Å². The number of fused-ring (bicyclic) bond motifs is 1. The first kappa shape index (κ1) is 19.0. The number of anilines is 2. The van der Waals surface area contributed by atoms with Crippen LogP contribution in [0.1, 0.15) is 24.3 Å². The van der Waals surface area contributed by atoms with Gasteiger partial charge in [0.05, 0.1) is 42.7 Å². The quantitative estimate of drug-likeness (QED) is 0.691. The number of carbonyl (C=O) groups excluding carboxylic acids is 1. The van der Waals surface area contributed by atoms with Crippen molar-refractivity contribution < 1.29 is 18.7 Å². The monoisotopic (exact) mass is 385 g/mol. The normalized spacial score (nSPS) is 11.7. The molecule has 0 saturated carbocycles. The molecular weight excluding hydrogens is 369 g/mol. The summed E-state index contributed by atoms with van der Waals surface area (Å²) in [6.45, 7) is 1.73. The van der Waals surface area contributed by atoms with Crippen LogP contribution in [0.2, 0.25) is 0 Å². The van der Waals surface area contributed by atoms with Gasteiger partial charge in [0.15, 0.2) is 5.65 Å². The molecule has 0 saturated heterocycles. The summed E-state index contributed by atoms with van der Waals surface area (Å²) in [6, 6.07) is 3.91. The van der Waals surface area contributed by atoms with Gasteiger partial charge in [-0.05, 0) is 13.0 Å². The Morgan fingerprint density at radius 3 is 2.75 bits per heavy atom. The van der Waals surface area contributed by atoms with Gasteiger partial charge < -0.3 is 20.1 Å². The minimum Gasteiger partial charge on any atom is -0.480 e. The molecule has 10 nitrogen and oxygen atoms in total. The van der Waals surface area contributed by atoms with Crippen LogP contribution in [0.3, 0.4) is 0 Å². The minimum absolute atomic E-state index is 0.153. The predicted molar refractivity (Wildman–Crippen MR) is 96.5 cm³/mol. The Bertz CT molecular complexity index is 1080. The van der Waals surface area contributed by atoms with Crippen LogP contribution in [-0.2, 0) is 4.74 Å². The van der Waals surface area contributed by atoms with Gasteiger partial charge in [-0.15, -0.1) is 5.10 Å². The second-order valence-electron chi connectivity index (χ2n) is 5.64. The molecule has 1 atom stereocenters. The zero-order valence-corrected chi connectivity index (χ0v) is 15.2. The standard InChI is InChI=1S/C17H16FN7O3/c1-9(27-2)15-12(8-20-14-5-13(18)24-25(14)15)23-17(26)22-11-4-10(6-19)16(28-3)21-7-11/h4-5,7-9H,1-3H3,(H2,22,23,26)/t9-/m0/s1. The molecule has 0 spiro atoms. The average molecular weight is 385 g/mol. The van der Waals surface area contributed by atoms with E-state index in [0.717, 1.165) is 0 Å². The highest BCUT2D eigenvalue weighted by atomic mass is 19.1. The summed E-state index contributed by atoms with van der Waals surface area (Å²) in [7, 11) is 2.87. The molecule has 0 aromatic carbocycles. The van der Waals surface area contributed by atoms with Gasteiger partial charge in [0.2, 0.25) is 11.8 Å². The number of nitrogens with one attached hydrogen (secondary N) is 2. The molecule has 3 aromatic heterocycles. The fourth-order valence-electron chi connectivity index (χ4n) is 2.57. The lowest BCUT2D eigenvalue weighted by Gasteiger charge is -2.17. The number of nitriles is 1. The smallest absolute Gasteiger partial charge is 0.323 e. The maximum atomic E-state index is 13.5. The molecule has 0 aliphatic carbocycles. The molecule has 11 heteroatoms. The Morgan fingerprint density at radius 1 is 1.29 bits per heavy atom. The maximum Gasteiger partial charge on any atom is 0.323 e. The van der Waals surface area contributed by atoms with Crippen molar-refractivity contribution in [1.29, 1.82) is 5.26 Å². The summed E-state index contributed by atoms with van der Waals surface area (Å²) >= 11 is 0. The van der Waals surface area contributed by atoms with E-state index in [1.807, 2.05) is 6.07 Å². The number of halogens is 1. The highest BCUT2D eigenvalue weighted by Crippen LogP contribution is 2.26. The van der Waals surface area contributed by atoms with E-state index >= 15 is 0 Å². The second-order valence-corrected chi connectivity index (χ2v) is 5.64. The van der Waals surface area contributed by atoms with Gasteiger partial charge in [0, 0.05) is 13.2 Å². The summed E-state index contributed by atoms with van der Waals surface area (Å²) in [4.78, 5) is 20.4. The van der Waals surface area contributed by atoms with Crippen LogP contribution in [-0.4, -0.2) is 39.8 Å². The highest BCUT2D eigenvalue weighted by molar-refractivity contribution is 6.00. The van der Waals surface area contributed by atoms with Gasteiger partial charge in [-0.25, -0.2) is 19.3 Å². The molecule has 0 fully saturated rings. The number of pyridine rings is 1. The van der Waals surface area contributed by atoms with E-state index in [9.17, 15) is 9.18 Å². The Morgan fingerprint density at radius 2 is 2.07 bits per heavy atom. The van der Waals surface area contributed by atoms with Crippen molar-refractivity contribution in [3.05, 3.63) is 41.7 Å². The molecule has 3 aromatic rings. The Kier molecular flexibility index (Phi) is 5.32. The molecule has 3 heterocycles. The van der Waals surface area contributed by atoms with Crippen LogP contribution in [0.5, 0.6) is 5.88 Å². The number of hydrogen-bond donors (Lipinski definition) is 2. The topological polar surface area (TPSA) is 126 Å². The maximum absolute atomic E-state index is 13.5. The van der Waals surface area contributed by atoms with Crippen molar-refractivity contribution in [1.82, 2.24) is 19.6 Å². The van der Waals surface area contributed by atoms with E-state index in [4.69, 9.17) is 14.7 Å². The van der Waals surface area contributed by atoms with Crippen LogP contribution in [0.15, 0.2) is 24.5 Å².